The molecule has 4 rings (SSSR count). The lowest BCUT2D eigenvalue weighted by atomic mass is 9.83. The molecule has 0 heterocycles. The van der Waals surface area contributed by atoms with Crippen molar-refractivity contribution in [2.75, 3.05) is 5.32 Å². The zero-order chi connectivity index (χ0) is 24.5. The van der Waals surface area contributed by atoms with Gasteiger partial charge in [-0.3, -0.25) is 0 Å². The van der Waals surface area contributed by atoms with Gasteiger partial charge >= 0.3 is 6.18 Å². The Balaban J connectivity index is 1.33. The highest BCUT2D eigenvalue weighted by Crippen LogP contribution is 2.40. The third kappa shape index (κ3) is 5.34. The number of anilines is 1. The van der Waals surface area contributed by atoms with Gasteiger partial charge in [-0.2, -0.15) is 13.2 Å². The molecule has 0 radical (unpaired) electrons. The number of aliphatic hydroxyl groups is 1. The van der Waals surface area contributed by atoms with E-state index >= 15 is 0 Å². The van der Waals surface area contributed by atoms with E-state index in [0.717, 1.165) is 18.2 Å². The normalized spacial score (nSPS) is 19.2. The van der Waals surface area contributed by atoms with E-state index in [1.165, 1.54) is 24.3 Å². The lowest BCUT2D eigenvalue weighted by Gasteiger charge is -2.38. The minimum absolute atomic E-state index is 0.124. The van der Waals surface area contributed by atoms with Gasteiger partial charge in [-0.1, -0.05) is 6.07 Å². The molecule has 180 valence electrons. The summed E-state index contributed by atoms with van der Waals surface area (Å²) in [7, 11) is -3.94. The Morgan fingerprint density at radius 2 is 1.53 bits per heavy atom. The van der Waals surface area contributed by atoms with Crippen LogP contribution in [0, 0.1) is 11.7 Å². The summed E-state index contributed by atoms with van der Waals surface area (Å²) in [6, 6.07) is 15.9. The second-order valence-electron chi connectivity index (χ2n) is 8.09. The lowest BCUT2D eigenvalue weighted by Crippen LogP contribution is -2.44. The zero-order valence-electron chi connectivity index (χ0n) is 17.7. The number of hydrogen-bond acceptors (Lipinski definition) is 5. The van der Waals surface area contributed by atoms with Gasteiger partial charge in [-0.15, -0.1) is 0 Å². The van der Waals surface area contributed by atoms with Crippen LogP contribution in [-0.2, 0) is 16.0 Å². The SMILES string of the molecule is O=S(=O)(c1cccc(C(F)(F)F)c1)[C@H]1C[C@H](C(O)Nc2ccc(Oc3ccc(F)cc3)cc2)C1. The minimum atomic E-state index is -4.63. The molecule has 1 unspecified atom stereocenters. The lowest BCUT2D eigenvalue weighted by molar-refractivity contribution is -0.137. The maximum Gasteiger partial charge on any atom is 0.416 e. The van der Waals surface area contributed by atoms with Crippen LogP contribution in [0.15, 0.2) is 77.7 Å². The Morgan fingerprint density at radius 1 is 0.941 bits per heavy atom. The van der Waals surface area contributed by atoms with Crippen molar-refractivity contribution in [3.05, 3.63) is 84.2 Å². The Bertz CT molecular complexity index is 1240. The van der Waals surface area contributed by atoms with Crippen molar-refractivity contribution in [1.29, 1.82) is 0 Å². The average Bonchev–Trinajstić information content (AvgIpc) is 2.75. The van der Waals surface area contributed by atoms with E-state index in [0.29, 0.717) is 23.3 Å². The van der Waals surface area contributed by atoms with Crippen molar-refractivity contribution in [2.24, 2.45) is 5.92 Å². The highest BCUT2D eigenvalue weighted by Gasteiger charge is 2.43. The van der Waals surface area contributed by atoms with Crippen LogP contribution in [0.1, 0.15) is 18.4 Å². The van der Waals surface area contributed by atoms with E-state index in [2.05, 4.69) is 5.32 Å². The van der Waals surface area contributed by atoms with Crippen LogP contribution in [0.25, 0.3) is 0 Å². The summed E-state index contributed by atoms with van der Waals surface area (Å²) in [5, 5.41) is 12.5. The summed E-state index contributed by atoms with van der Waals surface area (Å²) >= 11 is 0. The fraction of sp³-hybridized carbons (Fsp3) is 0.250. The Labute approximate surface area is 193 Å². The third-order valence-corrected chi connectivity index (χ3v) is 7.90. The number of alkyl halides is 3. The van der Waals surface area contributed by atoms with Crippen molar-refractivity contribution in [3.8, 4) is 11.5 Å². The van der Waals surface area contributed by atoms with Crippen LogP contribution in [-0.4, -0.2) is 25.0 Å². The van der Waals surface area contributed by atoms with E-state index in [1.807, 2.05) is 0 Å². The molecule has 3 aromatic carbocycles. The largest absolute Gasteiger partial charge is 0.457 e. The van der Waals surface area contributed by atoms with Crippen LogP contribution in [0.4, 0.5) is 23.2 Å². The number of nitrogens with one attached hydrogen (secondary N) is 1. The number of aliphatic hydroxyl groups excluding tert-OH is 1. The van der Waals surface area contributed by atoms with Crippen LogP contribution in [0.3, 0.4) is 0 Å². The molecule has 3 aromatic rings. The Kier molecular flexibility index (Phi) is 6.55. The van der Waals surface area contributed by atoms with Crippen molar-refractivity contribution in [2.45, 2.75) is 35.4 Å². The molecule has 5 nitrogen and oxygen atoms in total. The predicted octanol–water partition coefficient (Wildman–Crippen LogP) is 5.62. The monoisotopic (exact) mass is 495 g/mol. The number of halogens is 4. The van der Waals surface area contributed by atoms with Gasteiger partial charge in [0.05, 0.1) is 15.7 Å². The maximum absolute atomic E-state index is 13.0. The summed E-state index contributed by atoms with van der Waals surface area (Å²) in [6.07, 6.45) is -5.42. The molecule has 1 atom stereocenters. The molecule has 1 aliphatic rings. The Morgan fingerprint density at radius 3 is 2.12 bits per heavy atom. The molecule has 0 aromatic heterocycles. The summed E-state index contributed by atoms with van der Waals surface area (Å²) < 4.78 is 82.8. The summed E-state index contributed by atoms with van der Waals surface area (Å²) in [5.74, 6) is 0.217. The van der Waals surface area contributed by atoms with Crippen LogP contribution in [0.2, 0.25) is 0 Å². The fourth-order valence-corrected chi connectivity index (χ4v) is 5.65. The summed E-state index contributed by atoms with van der Waals surface area (Å²) in [5.41, 5.74) is -0.443. The van der Waals surface area contributed by atoms with Gasteiger partial charge in [0.25, 0.3) is 0 Å². The Hall–Kier alpha value is -3.11. The fourth-order valence-electron chi connectivity index (χ4n) is 3.71. The molecule has 0 bridgehead atoms. The van der Waals surface area contributed by atoms with E-state index in [1.54, 1.807) is 24.3 Å². The molecule has 1 aliphatic carbocycles. The van der Waals surface area contributed by atoms with E-state index in [-0.39, 0.29) is 29.5 Å². The molecule has 10 heteroatoms. The maximum atomic E-state index is 13.0. The molecule has 0 saturated heterocycles. The first kappa shape index (κ1) is 24.0. The molecular weight excluding hydrogens is 474 g/mol. The van der Waals surface area contributed by atoms with Gasteiger partial charge in [-0.05, 0) is 79.6 Å². The summed E-state index contributed by atoms with van der Waals surface area (Å²) in [6.45, 7) is 0. The van der Waals surface area contributed by atoms with Crippen LogP contribution < -0.4 is 10.1 Å². The summed E-state index contributed by atoms with van der Waals surface area (Å²) in [4.78, 5) is -0.370. The smallest absolute Gasteiger partial charge is 0.416 e. The first-order chi connectivity index (χ1) is 16.0. The number of ether oxygens (including phenoxy) is 1. The van der Waals surface area contributed by atoms with Crippen molar-refractivity contribution in [1.82, 2.24) is 0 Å². The molecule has 1 saturated carbocycles. The predicted molar refractivity (Wildman–Crippen MR) is 118 cm³/mol. The van der Waals surface area contributed by atoms with Gasteiger partial charge in [-0.25, -0.2) is 12.8 Å². The first-order valence-electron chi connectivity index (χ1n) is 10.4. The molecule has 0 aliphatic heterocycles. The quantitative estimate of drug-likeness (QED) is 0.329. The third-order valence-electron chi connectivity index (χ3n) is 5.72. The van der Waals surface area contributed by atoms with E-state index in [9.17, 15) is 31.1 Å². The second kappa shape index (κ2) is 9.27. The minimum Gasteiger partial charge on any atom is -0.457 e. The number of sulfone groups is 1. The first-order valence-corrected chi connectivity index (χ1v) is 12.0. The molecule has 34 heavy (non-hydrogen) atoms. The van der Waals surface area contributed by atoms with Gasteiger partial charge in [0.2, 0.25) is 0 Å². The molecular formula is C24H21F4NO4S. The average molecular weight is 495 g/mol. The number of hydrogen-bond donors (Lipinski definition) is 2. The molecule has 2 N–H and O–H groups in total. The van der Waals surface area contributed by atoms with Gasteiger partial charge in [0.1, 0.15) is 23.5 Å². The zero-order valence-corrected chi connectivity index (χ0v) is 18.5. The van der Waals surface area contributed by atoms with Crippen molar-refractivity contribution < 1.29 is 35.8 Å². The second-order valence-corrected chi connectivity index (χ2v) is 10.3. The van der Waals surface area contributed by atoms with E-state index < -0.39 is 33.1 Å². The van der Waals surface area contributed by atoms with Crippen LogP contribution >= 0.6 is 0 Å². The number of benzene rings is 3. The highest BCUT2D eigenvalue weighted by molar-refractivity contribution is 7.92. The highest BCUT2D eigenvalue weighted by atomic mass is 32.2. The standard InChI is InChI=1S/C24H21F4NO4S/c25-17-4-8-19(9-5-17)33-20-10-6-18(7-11-20)29-23(30)15-12-22(13-15)34(31,32)21-3-1-2-16(14-21)24(26,27)28/h1-11,14-15,22-23,29-30H,12-13H2/t15-,22-,23?. The molecule has 0 amide bonds. The van der Waals surface area contributed by atoms with E-state index in [4.69, 9.17) is 4.74 Å². The number of rotatable bonds is 7. The van der Waals surface area contributed by atoms with Crippen molar-refractivity contribution >= 4 is 15.5 Å². The topological polar surface area (TPSA) is 75.6 Å². The van der Waals surface area contributed by atoms with Crippen molar-refractivity contribution in [3.63, 3.8) is 0 Å². The molecule has 0 spiro atoms. The van der Waals surface area contributed by atoms with Gasteiger partial charge in [0, 0.05) is 11.6 Å². The van der Waals surface area contributed by atoms with Gasteiger partial charge in [0.15, 0.2) is 9.84 Å². The van der Waals surface area contributed by atoms with Gasteiger partial charge < -0.3 is 15.2 Å². The molecule has 1 fully saturated rings. The van der Waals surface area contributed by atoms with Crippen LogP contribution in [0.5, 0.6) is 11.5 Å².